The molecule has 1 aromatic carbocycles. The van der Waals surface area contributed by atoms with Gasteiger partial charge in [-0.15, -0.1) is 11.3 Å². The number of benzene rings is 1. The van der Waals surface area contributed by atoms with E-state index in [1.54, 1.807) is 6.92 Å². The normalized spacial score (nSPS) is 17.9. The van der Waals surface area contributed by atoms with Crippen LogP contribution in [0.5, 0.6) is 5.75 Å². The van der Waals surface area contributed by atoms with Gasteiger partial charge in [0.1, 0.15) is 5.75 Å². The van der Waals surface area contributed by atoms with Gasteiger partial charge in [-0.05, 0) is 69.3 Å². The van der Waals surface area contributed by atoms with Crippen LogP contribution >= 0.6 is 11.3 Å². The van der Waals surface area contributed by atoms with E-state index in [0.717, 1.165) is 54.2 Å². The minimum atomic E-state index is 0.0129. The van der Waals surface area contributed by atoms with Gasteiger partial charge in [0.15, 0.2) is 11.6 Å². The number of ketones is 2. The van der Waals surface area contributed by atoms with Crippen molar-refractivity contribution in [1.82, 2.24) is 4.90 Å². The zero-order chi connectivity index (χ0) is 19.4. The predicted molar refractivity (Wildman–Crippen MR) is 109 cm³/mol. The van der Waals surface area contributed by atoms with Crippen molar-refractivity contribution in [1.29, 1.82) is 0 Å². The Balaban J connectivity index is 1.64. The summed E-state index contributed by atoms with van der Waals surface area (Å²) in [6.45, 7) is 8.11. The van der Waals surface area contributed by atoms with E-state index < -0.39 is 0 Å². The van der Waals surface area contributed by atoms with E-state index in [1.165, 1.54) is 11.3 Å². The first-order valence-corrected chi connectivity index (χ1v) is 10.4. The highest BCUT2D eigenvalue weighted by atomic mass is 32.1. The third kappa shape index (κ3) is 5.27. The first kappa shape index (κ1) is 19.8. The predicted octanol–water partition coefficient (Wildman–Crippen LogP) is 4.83. The second-order valence-electron chi connectivity index (χ2n) is 7.51. The van der Waals surface area contributed by atoms with Crippen LogP contribution in [-0.4, -0.2) is 35.7 Å². The van der Waals surface area contributed by atoms with Crippen LogP contribution in [0.25, 0.3) is 0 Å². The molecule has 0 saturated carbocycles. The van der Waals surface area contributed by atoms with E-state index in [-0.39, 0.29) is 23.6 Å². The molecule has 1 fully saturated rings. The average molecular weight is 386 g/mol. The van der Waals surface area contributed by atoms with Crippen LogP contribution in [0.2, 0.25) is 0 Å². The number of carbonyl (C=O) groups excluding carboxylic acids is 2. The maximum atomic E-state index is 13.0. The lowest BCUT2D eigenvalue weighted by molar-refractivity contribution is 0.0811. The Labute approximate surface area is 165 Å². The molecule has 0 spiro atoms. The van der Waals surface area contributed by atoms with Crippen LogP contribution in [0.1, 0.15) is 59.2 Å². The second-order valence-corrected chi connectivity index (χ2v) is 8.42. The number of ether oxygens (including phenoxy) is 1. The van der Waals surface area contributed by atoms with Crippen molar-refractivity contribution in [2.45, 2.75) is 46.3 Å². The molecule has 3 rings (SSSR count). The van der Waals surface area contributed by atoms with E-state index in [1.807, 2.05) is 44.2 Å². The third-order valence-electron chi connectivity index (χ3n) is 4.77. The summed E-state index contributed by atoms with van der Waals surface area (Å²) in [6, 6.07) is 9.50. The maximum Gasteiger partial charge on any atom is 0.169 e. The fourth-order valence-electron chi connectivity index (χ4n) is 3.55. The van der Waals surface area contributed by atoms with Gasteiger partial charge in [0.25, 0.3) is 0 Å². The van der Waals surface area contributed by atoms with Crippen LogP contribution in [-0.2, 0) is 6.54 Å². The SMILES string of the molecule is CC(=O)c1cc(CN2CCCC(C(=O)c3cccc(OC(C)C)c3)C2)cs1. The van der Waals surface area contributed by atoms with Crippen molar-refractivity contribution in [3.05, 3.63) is 51.7 Å². The summed E-state index contributed by atoms with van der Waals surface area (Å²) < 4.78 is 5.73. The van der Waals surface area contributed by atoms with Crippen LogP contribution < -0.4 is 4.74 Å². The second kappa shape index (κ2) is 8.81. The highest BCUT2D eigenvalue weighted by Crippen LogP contribution is 2.25. The Hall–Kier alpha value is -1.98. The van der Waals surface area contributed by atoms with Gasteiger partial charge in [-0.2, -0.15) is 0 Å². The molecule has 144 valence electrons. The van der Waals surface area contributed by atoms with E-state index >= 15 is 0 Å². The minimum absolute atomic E-state index is 0.0129. The fourth-order valence-corrected chi connectivity index (χ4v) is 4.35. The Morgan fingerprint density at radius 1 is 1.30 bits per heavy atom. The molecule has 0 aliphatic carbocycles. The molecular weight excluding hydrogens is 358 g/mol. The number of hydrogen-bond donors (Lipinski definition) is 0. The smallest absolute Gasteiger partial charge is 0.169 e. The van der Waals surface area contributed by atoms with Crippen LogP contribution in [0, 0.1) is 5.92 Å². The minimum Gasteiger partial charge on any atom is -0.491 e. The average Bonchev–Trinajstić information content (AvgIpc) is 3.10. The van der Waals surface area contributed by atoms with Crippen molar-refractivity contribution in [3.63, 3.8) is 0 Å². The van der Waals surface area contributed by atoms with Crippen molar-refractivity contribution in [2.75, 3.05) is 13.1 Å². The highest BCUT2D eigenvalue weighted by Gasteiger charge is 2.27. The van der Waals surface area contributed by atoms with E-state index in [4.69, 9.17) is 4.74 Å². The van der Waals surface area contributed by atoms with Crippen LogP contribution in [0.15, 0.2) is 35.7 Å². The molecular formula is C22H27NO3S. The van der Waals surface area contributed by atoms with Gasteiger partial charge in [-0.1, -0.05) is 12.1 Å². The molecule has 2 heterocycles. The molecule has 1 unspecified atom stereocenters. The molecule has 4 nitrogen and oxygen atoms in total. The number of thiophene rings is 1. The van der Waals surface area contributed by atoms with Gasteiger partial charge < -0.3 is 4.74 Å². The standard InChI is InChI=1S/C22H27NO3S/c1-15(2)26-20-8-4-6-18(11-20)22(25)19-7-5-9-23(13-19)12-17-10-21(16(3)24)27-14-17/h4,6,8,10-11,14-15,19H,5,7,9,12-13H2,1-3H3. The van der Waals surface area contributed by atoms with E-state index in [2.05, 4.69) is 10.3 Å². The van der Waals surface area contributed by atoms with Crippen LogP contribution in [0.4, 0.5) is 0 Å². The van der Waals surface area contributed by atoms with Gasteiger partial charge in [0.05, 0.1) is 11.0 Å². The van der Waals surface area contributed by atoms with Gasteiger partial charge in [-0.25, -0.2) is 0 Å². The van der Waals surface area contributed by atoms with E-state index in [0.29, 0.717) is 0 Å². The van der Waals surface area contributed by atoms with Gasteiger partial charge in [0, 0.05) is 24.6 Å². The quantitative estimate of drug-likeness (QED) is 0.640. The molecule has 0 radical (unpaired) electrons. The molecule has 5 heteroatoms. The summed E-state index contributed by atoms with van der Waals surface area (Å²) in [5, 5.41) is 2.05. The molecule has 1 atom stereocenters. The Bertz CT molecular complexity index is 811. The molecule has 1 aliphatic rings. The molecule has 1 aliphatic heterocycles. The fraction of sp³-hybridized carbons (Fsp3) is 0.455. The zero-order valence-electron chi connectivity index (χ0n) is 16.2. The molecule has 27 heavy (non-hydrogen) atoms. The summed E-state index contributed by atoms with van der Waals surface area (Å²) in [4.78, 5) is 27.6. The van der Waals surface area contributed by atoms with Crippen molar-refractivity contribution in [3.8, 4) is 5.75 Å². The van der Waals surface area contributed by atoms with Crippen molar-refractivity contribution >= 4 is 22.9 Å². The van der Waals surface area contributed by atoms with Crippen molar-refractivity contribution < 1.29 is 14.3 Å². The molecule has 2 aromatic rings. The topological polar surface area (TPSA) is 46.6 Å². The van der Waals surface area contributed by atoms with Gasteiger partial charge >= 0.3 is 0 Å². The Kier molecular flexibility index (Phi) is 6.45. The van der Waals surface area contributed by atoms with Crippen LogP contribution in [0.3, 0.4) is 0 Å². The first-order chi connectivity index (χ1) is 12.9. The highest BCUT2D eigenvalue weighted by molar-refractivity contribution is 7.12. The first-order valence-electron chi connectivity index (χ1n) is 9.54. The number of Topliss-reactive ketones (excluding diaryl/α,β-unsaturated/α-hetero) is 2. The monoisotopic (exact) mass is 385 g/mol. The number of piperidine rings is 1. The third-order valence-corrected chi connectivity index (χ3v) is 5.85. The van der Waals surface area contributed by atoms with Gasteiger partial charge in [0.2, 0.25) is 0 Å². The molecule has 0 N–H and O–H groups in total. The summed E-state index contributed by atoms with van der Waals surface area (Å²) in [6.07, 6.45) is 2.03. The molecule has 1 aromatic heterocycles. The Morgan fingerprint density at radius 2 is 2.11 bits per heavy atom. The number of hydrogen-bond acceptors (Lipinski definition) is 5. The van der Waals surface area contributed by atoms with E-state index in [9.17, 15) is 9.59 Å². The molecule has 0 amide bonds. The van der Waals surface area contributed by atoms with Crippen molar-refractivity contribution in [2.24, 2.45) is 5.92 Å². The maximum absolute atomic E-state index is 13.0. The summed E-state index contributed by atoms with van der Waals surface area (Å²) in [7, 11) is 0. The number of nitrogens with zero attached hydrogens (tertiary/aromatic N) is 1. The molecule has 0 bridgehead atoms. The summed E-state index contributed by atoms with van der Waals surface area (Å²) in [5.41, 5.74) is 1.89. The lowest BCUT2D eigenvalue weighted by Crippen LogP contribution is -2.38. The number of rotatable bonds is 7. The number of carbonyl (C=O) groups is 2. The summed E-state index contributed by atoms with van der Waals surface area (Å²) >= 11 is 1.50. The lowest BCUT2D eigenvalue weighted by atomic mass is 9.90. The molecule has 1 saturated heterocycles. The zero-order valence-corrected chi connectivity index (χ0v) is 17.1. The Morgan fingerprint density at radius 3 is 2.81 bits per heavy atom. The largest absolute Gasteiger partial charge is 0.491 e. The summed E-state index contributed by atoms with van der Waals surface area (Å²) in [5.74, 6) is 1.07. The van der Waals surface area contributed by atoms with Gasteiger partial charge in [-0.3, -0.25) is 14.5 Å². The number of likely N-dealkylation sites (tertiary alicyclic amines) is 1. The lowest BCUT2D eigenvalue weighted by Gasteiger charge is -2.31.